The molecule has 3 rings (SSSR count). The Balaban J connectivity index is 1.93. The van der Waals surface area contributed by atoms with Crippen LogP contribution in [-0.4, -0.2) is 0 Å². The van der Waals surface area contributed by atoms with E-state index in [4.69, 9.17) is 9.05 Å². The zero-order chi connectivity index (χ0) is 12.4. The molecule has 0 saturated carbocycles. The Labute approximate surface area is 106 Å². The van der Waals surface area contributed by atoms with E-state index < -0.39 is 8.69 Å². The Morgan fingerprint density at radius 2 is 1.11 bits per heavy atom. The van der Waals surface area contributed by atoms with E-state index in [9.17, 15) is 4.20 Å². The fraction of sp³-hybridized carbons (Fsp3) is 0.143. The van der Waals surface area contributed by atoms with Gasteiger partial charge in [0.1, 0.15) is 12.2 Å². The van der Waals surface area contributed by atoms with Crippen molar-refractivity contribution in [2.24, 2.45) is 0 Å². The highest BCUT2D eigenvalue weighted by atomic mass is 31.2. The smallest absolute Gasteiger partial charge is 0.298 e. The van der Waals surface area contributed by atoms with Gasteiger partial charge in [0.15, 0.2) is 0 Å². The van der Waals surface area contributed by atoms with Gasteiger partial charge in [0.05, 0.1) is 0 Å². The highest BCUT2D eigenvalue weighted by molar-refractivity contribution is 7.41. The first kappa shape index (κ1) is 11.8. The molecule has 1 heterocycles. The number of hydrogen-bond acceptors (Lipinski definition) is 2. The third-order valence-electron chi connectivity index (χ3n) is 2.92. The highest BCUT2D eigenvalue weighted by Crippen LogP contribution is 2.60. The highest BCUT2D eigenvalue weighted by Gasteiger charge is 2.39. The summed E-state index contributed by atoms with van der Waals surface area (Å²) in [6, 6.07) is 19.2. The van der Waals surface area contributed by atoms with Crippen LogP contribution in [0.5, 0.6) is 0 Å². The van der Waals surface area contributed by atoms with Crippen LogP contribution < -0.4 is 0 Å². The number of hydrogen-bond donors (Lipinski definition) is 0. The van der Waals surface area contributed by atoms with E-state index >= 15 is 0 Å². The Bertz CT molecular complexity index is 458. The van der Waals surface area contributed by atoms with Crippen molar-refractivity contribution in [2.45, 2.75) is 12.2 Å². The van der Waals surface area contributed by atoms with Crippen molar-refractivity contribution >= 4 is 8.69 Å². The van der Waals surface area contributed by atoms with E-state index in [0.717, 1.165) is 11.1 Å². The molecule has 2 atom stereocenters. The lowest BCUT2D eigenvalue weighted by Gasteiger charge is -2.16. The summed E-state index contributed by atoms with van der Waals surface area (Å²) >= 11 is 0. The molecule has 0 N–H and O–H groups in total. The van der Waals surface area contributed by atoms with E-state index in [1.54, 1.807) is 0 Å². The number of benzene rings is 2. The molecule has 1 fully saturated rings. The fourth-order valence-electron chi connectivity index (χ4n) is 2.07. The molecule has 1 saturated heterocycles. The molecule has 92 valence electrons. The molecular formula is C14H12FO2P. The molecule has 2 aromatic rings. The zero-order valence-corrected chi connectivity index (χ0v) is 10.5. The van der Waals surface area contributed by atoms with Crippen LogP contribution in [-0.2, 0) is 9.05 Å². The van der Waals surface area contributed by atoms with Gasteiger partial charge in [0, 0.05) is 0 Å². The third kappa shape index (κ3) is 2.30. The second-order valence-electron chi connectivity index (χ2n) is 4.09. The van der Waals surface area contributed by atoms with Gasteiger partial charge in [0.25, 0.3) is 0 Å². The van der Waals surface area contributed by atoms with Gasteiger partial charge in [-0.1, -0.05) is 60.7 Å². The molecule has 1 aliphatic heterocycles. The average molecular weight is 262 g/mol. The Morgan fingerprint density at radius 1 is 0.722 bits per heavy atom. The van der Waals surface area contributed by atoms with Gasteiger partial charge in [-0.05, 0) is 11.1 Å². The minimum Gasteiger partial charge on any atom is -0.298 e. The van der Waals surface area contributed by atoms with Gasteiger partial charge in [-0.3, -0.25) is 9.05 Å². The van der Waals surface area contributed by atoms with Crippen molar-refractivity contribution in [1.82, 2.24) is 0 Å². The molecule has 0 aromatic heterocycles. The maximum Gasteiger partial charge on any atom is 0.376 e. The second kappa shape index (κ2) is 5.15. The van der Waals surface area contributed by atoms with Crippen molar-refractivity contribution in [2.75, 3.05) is 0 Å². The van der Waals surface area contributed by atoms with E-state index in [2.05, 4.69) is 0 Å². The lowest BCUT2D eigenvalue weighted by molar-refractivity contribution is 0.159. The van der Waals surface area contributed by atoms with Crippen molar-refractivity contribution in [3.8, 4) is 0 Å². The quantitative estimate of drug-likeness (QED) is 0.729. The summed E-state index contributed by atoms with van der Waals surface area (Å²) in [5.74, 6) is 0. The van der Waals surface area contributed by atoms with Crippen LogP contribution in [0, 0.1) is 0 Å². The van der Waals surface area contributed by atoms with Gasteiger partial charge in [-0.2, -0.15) is 4.20 Å². The van der Waals surface area contributed by atoms with Crippen LogP contribution in [0.15, 0.2) is 60.7 Å². The lowest BCUT2D eigenvalue weighted by Crippen LogP contribution is -2.06. The number of rotatable bonds is 2. The van der Waals surface area contributed by atoms with Crippen LogP contribution in [0.1, 0.15) is 23.3 Å². The summed E-state index contributed by atoms with van der Waals surface area (Å²) < 4.78 is 24.0. The molecule has 1 aliphatic rings. The van der Waals surface area contributed by atoms with Gasteiger partial charge in [-0.15, -0.1) is 0 Å². The molecule has 2 aromatic carbocycles. The maximum atomic E-state index is 13.4. The summed E-state index contributed by atoms with van der Waals surface area (Å²) in [5, 5.41) is 0. The maximum absolute atomic E-state index is 13.4. The zero-order valence-electron chi connectivity index (χ0n) is 9.57. The molecule has 0 amide bonds. The van der Waals surface area contributed by atoms with Gasteiger partial charge < -0.3 is 0 Å². The Morgan fingerprint density at radius 3 is 1.50 bits per heavy atom. The van der Waals surface area contributed by atoms with E-state index in [1.165, 1.54) is 0 Å². The van der Waals surface area contributed by atoms with Gasteiger partial charge in [-0.25, -0.2) is 0 Å². The van der Waals surface area contributed by atoms with E-state index in [1.807, 2.05) is 60.7 Å². The predicted molar refractivity (Wildman–Crippen MR) is 68.6 cm³/mol. The SMILES string of the molecule is FP1OC(c2ccccc2)C(c2ccccc2)O1. The van der Waals surface area contributed by atoms with Crippen molar-refractivity contribution in [3.63, 3.8) is 0 Å². The first-order valence-corrected chi connectivity index (χ1v) is 6.81. The molecule has 2 nitrogen and oxygen atoms in total. The molecule has 18 heavy (non-hydrogen) atoms. The van der Waals surface area contributed by atoms with Crippen LogP contribution >= 0.6 is 8.69 Å². The van der Waals surface area contributed by atoms with Crippen LogP contribution in [0.25, 0.3) is 0 Å². The predicted octanol–water partition coefficient (Wildman–Crippen LogP) is 4.71. The first-order chi connectivity index (χ1) is 8.84. The summed E-state index contributed by atoms with van der Waals surface area (Å²) in [6.07, 6.45) is -0.741. The molecule has 0 bridgehead atoms. The molecule has 0 radical (unpaired) electrons. The summed E-state index contributed by atoms with van der Waals surface area (Å²) in [4.78, 5) is 0. The first-order valence-electron chi connectivity index (χ1n) is 5.74. The minimum atomic E-state index is -2.29. The van der Waals surface area contributed by atoms with Gasteiger partial charge >= 0.3 is 8.69 Å². The van der Waals surface area contributed by atoms with E-state index in [0.29, 0.717) is 0 Å². The van der Waals surface area contributed by atoms with Gasteiger partial charge in [0.2, 0.25) is 0 Å². The Kier molecular flexibility index (Phi) is 3.37. The molecule has 0 spiro atoms. The third-order valence-corrected chi connectivity index (χ3v) is 3.71. The normalized spacial score (nSPS) is 27.3. The molecule has 0 aliphatic carbocycles. The largest absolute Gasteiger partial charge is 0.376 e. The van der Waals surface area contributed by atoms with Crippen LogP contribution in [0.4, 0.5) is 4.20 Å². The monoisotopic (exact) mass is 262 g/mol. The van der Waals surface area contributed by atoms with E-state index in [-0.39, 0.29) is 12.2 Å². The van der Waals surface area contributed by atoms with Crippen molar-refractivity contribution < 1.29 is 13.2 Å². The fourth-order valence-corrected chi connectivity index (χ4v) is 2.94. The molecule has 2 unspecified atom stereocenters. The Hall–Kier alpha value is -1.28. The summed E-state index contributed by atoms with van der Waals surface area (Å²) in [5.41, 5.74) is 1.88. The minimum absolute atomic E-state index is 0.371. The standard InChI is InChI=1S/C14H12FO2P/c15-18-16-13(11-7-3-1-4-8-11)14(17-18)12-9-5-2-6-10-12/h1-10,13-14H. The summed E-state index contributed by atoms with van der Waals surface area (Å²) in [7, 11) is -2.29. The van der Waals surface area contributed by atoms with Crippen molar-refractivity contribution in [1.29, 1.82) is 0 Å². The average Bonchev–Trinajstić information content (AvgIpc) is 2.83. The molecule has 4 heteroatoms. The topological polar surface area (TPSA) is 18.5 Å². The lowest BCUT2D eigenvalue weighted by atomic mass is 9.99. The molecular weight excluding hydrogens is 250 g/mol. The van der Waals surface area contributed by atoms with Crippen molar-refractivity contribution in [3.05, 3.63) is 71.8 Å². The number of halogens is 1. The second-order valence-corrected chi connectivity index (χ2v) is 4.93. The van der Waals surface area contributed by atoms with Crippen LogP contribution in [0.2, 0.25) is 0 Å². The summed E-state index contributed by atoms with van der Waals surface area (Å²) in [6.45, 7) is 0. The van der Waals surface area contributed by atoms with Crippen LogP contribution in [0.3, 0.4) is 0 Å².